The van der Waals surface area contributed by atoms with Crippen molar-refractivity contribution in [3.05, 3.63) is 22.4 Å². The quantitative estimate of drug-likeness (QED) is 0.878. The van der Waals surface area contributed by atoms with E-state index in [-0.39, 0.29) is 5.91 Å². The van der Waals surface area contributed by atoms with Gasteiger partial charge in [-0.05, 0) is 24.3 Å². The third kappa shape index (κ3) is 2.85. The first-order valence-electron chi connectivity index (χ1n) is 6.74. The van der Waals surface area contributed by atoms with Crippen LogP contribution >= 0.6 is 11.3 Å². The molecule has 1 fully saturated rings. The maximum atomic E-state index is 12.7. The van der Waals surface area contributed by atoms with Crippen LogP contribution in [0.2, 0.25) is 0 Å². The topological polar surface area (TPSA) is 66.4 Å². The molecule has 0 spiro atoms. The Bertz CT molecular complexity index is 469. The molecule has 0 radical (unpaired) electrons. The molecule has 0 saturated heterocycles. The molecule has 1 aliphatic rings. The Labute approximate surface area is 121 Å². The van der Waals surface area contributed by atoms with E-state index in [2.05, 4.69) is 5.32 Å². The van der Waals surface area contributed by atoms with Crippen LogP contribution < -0.4 is 5.32 Å². The van der Waals surface area contributed by atoms with E-state index >= 15 is 0 Å². The van der Waals surface area contributed by atoms with Crippen molar-refractivity contribution < 1.29 is 19.1 Å². The summed E-state index contributed by atoms with van der Waals surface area (Å²) in [5.74, 6) is -1.69. The van der Waals surface area contributed by atoms with Crippen molar-refractivity contribution in [1.29, 1.82) is 0 Å². The van der Waals surface area contributed by atoms with Gasteiger partial charge in [-0.1, -0.05) is 25.3 Å². The minimum Gasteiger partial charge on any atom is -0.480 e. The Morgan fingerprint density at radius 2 is 2.10 bits per heavy atom. The van der Waals surface area contributed by atoms with Crippen LogP contribution in [0.3, 0.4) is 0 Å². The van der Waals surface area contributed by atoms with Crippen molar-refractivity contribution in [2.24, 2.45) is 0 Å². The Hall–Kier alpha value is -1.43. The second kappa shape index (κ2) is 6.35. The van der Waals surface area contributed by atoms with Gasteiger partial charge in [-0.3, -0.25) is 4.79 Å². The van der Waals surface area contributed by atoms with Gasteiger partial charge in [0.1, 0.15) is 6.67 Å². The molecule has 1 aromatic heterocycles. The normalized spacial score (nSPS) is 19.2. The number of rotatable bonds is 5. The molecule has 1 aromatic rings. The van der Waals surface area contributed by atoms with E-state index in [0.717, 1.165) is 24.1 Å². The highest BCUT2D eigenvalue weighted by Crippen LogP contribution is 2.41. The smallest absolute Gasteiger partial charge is 0.328 e. The zero-order valence-electron chi connectivity index (χ0n) is 11.1. The van der Waals surface area contributed by atoms with Crippen molar-refractivity contribution in [1.82, 2.24) is 5.32 Å². The number of hydrogen-bond donors (Lipinski definition) is 2. The van der Waals surface area contributed by atoms with Crippen LogP contribution in [-0.2, 0) is 15.0 Å². The molecule has 1 atom stereocenters. The number of carbonyl (C=O) groups excluding carboxylic acids is 1. The maximum absolute atomic E-state index is 12.7. The van der Waals surface area contributed by atoms with Crippen molar-refractivity contribution in [3.8, 4) is 0 Å². The van der Waals surface area contributed by atoms with Crippen LogP contribution in [0.25, 0.3) is 0 Å². The molecule has 4 nitrogen and oxygen atoms in total. The number of carboxylic acids is 1. The average Bonchev–Trinajstić information content (AvgIpc) is 2.99. The third-order valence-corrected chi connectivity index (χ3v) is 4.97. The van der Waals surface area contributed by atoms with Gasteiger partial charge < -0.3 is 10.4 Å². The number of nitrogens with one attached hydrogen (secondary N) is 1. The number of carboxylic acid groups (broad SMARTS) is 1. The van der Waals surface area contributed by atoms with Crippen LogP contribution in [0.1, 0.15) is 37.0 Å². The summed E-state index contributed by atoms with van der Waals surface area (Å²) >= 11 is 1.50. The lowest BCUT2D eigenvalue weighted by atomic mass is 9.72. The molecule has 20 heavy (non-hydrogen) atoms. The Morgan fingerprint density at radius 1 is 1.40 bits per heavy atom. The highest BCUT2D eigenvalue weighted by molar-refractivity contribution is 7.10. The summed E-state index contributed by atoms with van der Waals surface area (Å²) in [6, 6.07) is 2.33. The summed E-state index contributed by atoms with van der Waals surface area (Å²) in [6.45, 7) is -1.10. The lowest BCUT2D eigenvalue weighted by Gasteiger charge is -2.35. The fourth-order valence-corrected chi connectivity index (χ4v) is 3.74. The Kier molecular flexibility index (Phi) is 4.75. The molecule has 0 aromatic carbocycles. The lowest BCUT2D eigenvalue weighted by molar-refractivity contribution is -0.143. The molecule has 0 aliphatic heterocycles. The van der Waals surface area contributed by atoms with Crippen molar-refractivity contribution in [2.75, 3.05) is 6.67 Å². The largest absolute Gasteiger partial charge is 0.480 e. The monoisotopic (exact) mass is 299 g/mol. The van der Waals surface area contributed by atoms with E-state index in [1.54, 1.807) is 0 Å². The summed E-state index contributed by atoms with van der Waals surface area (Å²) in [6.07, 6.45) is 4.32. The highest BCUT2D eigenvalue weighted by atomic mass is 32.1. The Balaban J connectivity index is 2.23. The van der Waals surface area contributed by atoms with Gasteiger partial charge in [0.15, 0.2) is 6.04 Å². The van der Waals surface area contributed by atoms with Gasteiger partial charge in [0, 0.05) is 4.88 Å². The van der Waals surface area contributed by atoms with Crippen molar-refractivity contribution in [2.45, 2.75) is 43.6 Å². The van der Waals surface area contributed by atoms with Crippen LogP contribution in [0.15, 0.2) is 17.5 Å². The molecule has 1 heterocycles. The SMILES string of the molecule is O=C(O)C(CF)NC(=O)C1(c2cccs2)CCCCC1. The third-order valence-electron chi connectivity index (χ3n) is 3.89. The van der Waals surface area contributed by atoms with Gasteiger partial charge in [-0.2, -0.15) is 0 Å². The van der Waals surface area contributed by atoms with Crippen molar-refractivity contribution >= 4 is 23.2 Å². The first-order valence-corrected chi connectivity index (χ1v) is 7.62. The Morgan fingerprint density at radius 3 is 2.60 bits per heavy atom. The van der Waals surface area contributed by atoms with Gasteiger partial charge in [0.05, 0.1) is 5.41 Å². The second-order valence-corrected chi connectivity index (χ2v) is 6.09. The molecule has 1 saturated carbocycles. The van der Waals surface area contributed by atoms with Gasteiger partial charge in [-0.15, -0.1) is 11.3 Å². The van der Waals surface area contributed by atoms with Gasteiger partial charge in [-0.25, -0.2) is 9.18 Å². The molecule has 0 bridgehead atoms. The van der Waals surface area contributed by atoms with E-state index in [9.17, 15) is 14.0 Å². The number of carbonyl (C=O) groups is 2. The number of hydrogen-bond acceptors (Lipinski definition) is 3. The van der Waals surface area contributed by atoms with Crippen LogP contribution in [-0.4, -0.2) is 29.7 Å². The number of amides is 1. The van der Waals surface area contributed by atoms with E-state index in [0.29, 0.717) is 12.8 Å². The summed E-state index contributed by atoms with van der Waals surface area (Å²) in [5, 5.41) is 13.1. The van der Waals surface area contributed by atoms with Crippen LogP contribution in [0.5, 0.6) is 0 Å². The van der Waals surface area contributed by atoms with Gasteiger partial charge >= 0.3 is 5.97 Å². The number of aliphatic carboxylic acids is 1. The standard InChI is InChI=1S/C14H18FNO3S/c15-9-10(12(17)18)16-13(19)14(6-2-1-3-7-14)11-5-4-8-20-11/h4-5,8,10H,1-3,6-7,9H2,(H,16,19)(H,17,18). The minimum absolute atomic E-state index is 0.357. The fraction of sp³-hybridized carbons (Fsp3) is 0.571. The molecule has 1 unspecified atom stereocenters. The maximum Gasteiger partial charge on any atom is 0.328 e. The molecule has 110 valence electrons. The number of halogens is 1. The summed E-state index contributed by atoms with van der Waals surface area (Å²) in [7, 11) is 0. The molecule has 2 N–H and O–H groups in total. The summed E-state index contributed by atoms with van der Waals surface area (Å²) in [5.41, 5.74) is -0.685. The van der Waals surface area contributed by atoms with E-state index in [1.807, 2.05) is 17.5 Å². The minimum atomic E-state index is -1.46. The van der Waals surface area contributed by atoms with Gasteiger partial charge in [0.2, 0.25) is 5.91 Å². The molecule has 6 heteroatoms. The fourth-order valence-electron chi connectivity index (χ4n) is 2.75. The molecule has 1 aliphatic carbocycles. The van der Waals surface area contributed by atoms with E-state index < -0.39 is 24.1 Å². The van der Waals surface area contributed by atoms with Crippen molar-refractivity contribution in [3.63, 3.8) is 0 Å². The summed E-state index contributed by atoms with van der Waals surface area (Å²) in [4.78, 5) is 24.4. The second-order valence-electron chi connectivity index (χ2n) is 5.14. The highest BCUT2D eigenvalue weighted by Gasteiger charge is 2.43. The number of alkyl halides is 1. The number of thiophene rings is 1. The first-order chi connectivity index (χ1) is 9.60. The van der Waals surface area contributed by atoms with E-state index in [1.165, 1.54) is 11.3 Å². The van der Waals surface area contributed by atoms with Crippen LogP contribution in [0, 0.1) is 0 Å². The first kappa shape index (κ1) is 15.0. The zero-order valence-corrected chi connectivity index (χ0v) is 11.9. The zero-order chi connectivity index (χ0) is 14.6. The molecular weight excluding hydrogens is 281 g/mol. The molecule has 2 rings (SSSR count). The van der Waals surface area contributed by atoms with Gasteiger partial charge in [0.25, 0.3) is 0 Å². The average molecular weight is 299 g/mol. The van der Waals surface area contributed by atoms with E-state index in [4.69, 9.17) is 5.11 Å². The molecule has 1 amide bonds. The lowest BCUT2D eigenvalue weighted by Crippen LogP contribution is -2.52. The summed E-state index contributed by atoms with van der Waals surface area (Å²) < 4.78 is 12.7. The predicted octanol–water partition coefficient (Wildman–Crippen LogP) is 2.49. The predicted molar refractivity (Wildman–Crippen MR) is 74.6 cm³/mol. The van der Waals surface area contributed by atoms with Crippen LogP contribution in [0.4, 0.5) is 4.39 Å². The molecular formula is C14H18FNO3S.